The van der Waals surface area contributed by atoms with E-state index in [1.807, 2.05) is 25.8 Å². The minimum absolute atomic E-state index is 0.00364. The fourth-order valence-electron chi connectivity index (χ4n) is 1.23. The standard InChI is InChI=1S/C11H23NO3/c1-9(2)11(14)7-10(13)8-12(3)5-6-15-4/h9-10,13H,5-8H2,1-4H3/t10-/m1/s1. The number of hydrogen-bond acceptors (Lipinski definition) is 4. The molecule has 0 aromatic heterocycles. The van der Waals surface area contributed by atoms with Gasteiger partial charge in [0.15, 0.2) is 0 Å². The number of ether oxygens (including phenoxy) is 1. The first-order chi connectivity index (χ1) is 6.97. The lowest BCUT2D eigenvalue weighted by Crippen LogP contribution is -2.33. The first-order valence-electron chi connectivity index (χ1n) is 5.35. The van der Waals surface area contributed by atoms with Gasteiger partial charge in [0.25, 0.3) is 0 Å². The van der Waals surface area contributed by atoms with E-state index >= 15 is 0 Å². The molecule has 90 valence electrons. The monoisotopic (exact) mass is 217 g/mol. The zero-order valence-corrected chi connectivity index (χ0v) is 10.2. The Balaban J connectivity index is 3.72. The number of ketones is 1. The van der Waals surface area contributed by atoms with Crippen molar-refractivity contribution in [3.05, 3.63) is 0 Å². The maximum absolute atomic E-state index is 11.3. The maximum Gasteiger partial charge on any atom is 0.138 e. The van der Waals surface area contributed by atoms with Gasteiger partial charge in [-0.25, -0.2) is 0 Å². The third-order valence-corrected chi connectivity index (χ3v) is 2.28. The maximum atomic E-state index is 11.3. The molecule has 0 aliphatic carbocycles. The number of carbonyl (C=O) groups excluding carboxylic acids is 1. The molecule has 0 saturated carbocycles. The van der Waals surface area contributed by atoms with Crippen LogP contribution in [0.5, 0.6) is 0 Å². The molecule has 0 spiro atoms. The Morgan fingerprint density at radius 3 is 2.53 bits per heavy atom. The summed E-state index contributed by atoms with van der Waals surface area (Å²) >= 11 is 0. The third-order valence-electron chi connectivity index (χ3n) is 2.28. The Labute approximate surface area is 92.2 Å². The molecule has 0 aliphatic heterocycles. The highest BCUT2D eigenvalue weighted by atomic mass is 16.5. The Hall–Kier alpha value is -0.450. The summed E-state index contributed by atoms with van der Waals surface area (Å²) in [5.41, 5.74) is 0. The lowest BCUT2D eigenvalue weighted by Gasteiger charge is -2.20. The normalized spacial score (nSPS) is 13.5. The summed E-state index contributed by atoms with van der Waals surface area (Å²) in [6.45, 7) is 5.62. The Kier molecular flexibility index (Phi) is 7.56. The molecule has 0 bridgehead atoms. The molecule has 0 unspecified atom stereocenters. The van der Waals surface area contributed by atoms with Gasteiger partial charge in [-0.1, -0.05) is 13.8 Å². The van der Waals surface area contributed by atoms with Crippen LogP contribution in [0.15, 0.2) is 0 Å². The van der Waals surface area contributed by atoms with Gasteiger partial charge in [0.05, 0.1) is 12.7 Å². The van der Waals surface area contributed by atoms with Crippen molar-refractivity contribution >= 4 is 5.78 Å². The van der Waals surface area contributed by atoms with E-state index < -0.39 is 6.10 Å². The van der Waals surface area contributed by atoms with Crippen molar-refractivity contribution in [3.8, 4) is 0 Å². The van der Waals surface area contributed by atoms with Crippen LogP contribution in [-0.4, -0.2) is 55.7 Å². The van der Waals surface area contributed by atoms with Crippen LogP contribution < -0.4 is 0 Å². The van der Waals surface area contributed by atoms with Gasteiger partial charge in [-0.05, 0) is 7.05 Å². The molecule has 4 nitrogen and oxygen atoms in total. The zero-order chi connectivity index (χ0) is 11.8. The quantitative estimate of drug-likeness (QED) is 0.645. The second-order valence-electron chi connectivity index (χ2n) is 4.23. The van der Waals surface area contributed by atoms with Crippen molar-refractivity contribution in [3.63, 3.8) is 0 Å². The molecule has 0 aromatic rings. The minimum atomic E-state index is -0.568. The zero-order valence-electron chi connectivity index (χ0n) is 10.2. The highest BCUT2D eigenvalue weighted by Crippen LogP contribution is 2.03. The van der Waals surface area contributed by atoms with E-state index in [4.69, 9.17) is 4.74 Å². The van der Waals surface area contributed by atoms with Crippen molar-refractivity contribution in [2.24, 2.45) is 5.92 Å². The molecule has 1 N–H and O–H groups in total. The average Bonchev–Trinajstić information content (AvgIpc) is 2.14. The predicted molar refractivity (Wildman–Crippen MR) is 59.8 cm³/mol. The van der Waals surface area contributed by atoms with Crippen LogP contribution in [0.3, 0.4) is 0 Å². The van der Waals surface area contributed by atoms with Gasteiger partial charge in [0, 0.05) is 32.5 Å². The number of Topliss-reactive ketones (excluding diaryl/α,β-unsaturated/α-hetero) is 1. The smallest absolute Gasteiger partial charge is 0.138 e. The van der Waals surface area contributed by atoms with Crippen LogP contribution in [0.25, 0.3) is 0 Å². The highest BCUT2D eigenvalue weighted by molar-refractivity contribution is 5.80. The Morgan fingerprint density at radius 1 is 1.47 bits per heavy atom. The molecular formula is C11H23NO3. The molecule has 15 heavy (non-hydrogen) atoms. The summed E-state index contributed by atoms with van der Waals surface area (Å²) in [5.74, 6) is 0.117. The highest BCUT2D eigenvalue weighted by Gasteiger charge is 2.15. The molecule has 1 atom stereocenters. The van der Waals surface area contributed by atoms with Gasteiger partial charge in [-0.3, -0.25) is 4.79 Å². The van der Waals surface area contributed by atoms with Gasteiger partial charge in [-0.2, -0.15) is 0 Å². The number of carbonyl (C=O) groups is 1. The van der Waals surface area contributed by atoms with E-state index in [9.17, 15) is 9.90 Å². The molecule has 0 radical (unpaired) electrons. The number of hydrogen-bond donors (Lipinski definition) is 1. The molecular weight excluding hydrogens is 194 g/mol. The molecule has 0 amide bonds. The van der Waals surface area contributed by atoms with Crippen molar-refractivity contribution in [1.82, 2.24) is 4.90 Å². The number of aliphatic hydroxyl groups excluding tert-OH is 1. The van der Waals surface area contributed by atoms with E-state index in [0.29, 0.717) is 13.2 Å². The second-order valence-corrected chi connectivity index (χ2v) is 4.23. The van der Waals surface area contributed by atoms with Gasteiger partial charge < -0.3 is 14.7 Å². The van der Waals surface area contributed by atoms with E-state index in [1.54, 1.807) is 7.11 Å². The summed E-state index contributed by atoms with van der Waals surface area (Å²) in [6.07, 6.45) is -0.323. The second kappa shape index (κ2) is 7.79. The van der Waals surface area contributed by atoms with Gasteiger partial charge in [-0.15, -0.1) is 0 Å². The fraction of sp³-hybridized carbons (Fsp3) is 0.909. The molecule has 0 saturated heterocycles. The molecule has 0 heterocycles. The average molecular weight is 217 g/mol. The molecule has 0 fully saturated rings. The van der Waals surface area contributed by atoms with Crippen molar-refractivity contribution < 1.29 is 14.6 Å². The van der Waals surface area contributed by atoms with Crippen LogP contribution in [0, 0.1) is 5.92 Å². The van der Waals surface area contributed by atoms with E-state index in [2.05, 4.69) is 0 Å². The number of rotatable bonds is 8. The lowest BCUT2D eigenvalue weighted by atomic mass is 10.0. The largest absolute Gasteiger partial charge is 0.391 e. The summed E-state index contributed by atoms with van der Waals surface area (Å²) in [5, 5.41) is 9.63. The van der Waals surface area contributed by atoms with E-state index in [0.717, 1.165) is 6.54 Å². The number of nitrogens with zero attached hydrogens (tertiary/aromatic N) is 1. The van der Waals surface area contributed by atoms with Gasteiger partial charge >= 0.3 is 0 Å². The van der Waals surface area contributed by atoms with Crippen molar-refractivity contribution in [2.75, 3.05) is 33.9 Å². The molecule has 4 heteroatoms. The van der Waals surface area contributed by atoms with Crippen LogP contribution >= 0.6 is 0 Å². The fourth-order valence-corrected chi connectivity index (χ4v) is 1.23. The van der Waals surface area contributed by atoms with E-state index in [-0.39, 0.29) is 18.1 Å². The predicted octanol–water partition coefficient (Wildman–Crippen LogP) is 0.541. The minimum Gasteiger partial charge on any atom is -0.391 e. The van der Waals surface area contributed by atoms with Crippen molar-refractivity contribution in [2.45, 2.75) is 26.4 Å². The third kappa shape index (κ3) is 7.48. The van der Waals surface area contributed by atoms with Gasteiger partial charge in [0.2, 0.25) is 0 Å². The number of methoxy groups -OCH3 is 1. The first kappa shape index (κ1) is 14.6. The Bertz CT molecular complexity index is 183. The Morgan fingerprint density at radius 2 is 2.07 bits per heavy atom. The first-order valence-corrected chi connectivity index (χ1v) is 5.35. The van der Waals surface area contributed by atoms with Crippen LogP contribution in [0.1, 0.15) is 20.3 Å². The lowest BCUT2D eigenvalue weighted by molar-refractivity contribution is -0.124. The van der Waals surface area contributed by atoms with Gasteiger partial charge in [0.1, 0.15) is 5.78 Å². The SMILES string of the molecule is COCCN(C)C[C@H](O)CC(=O)C(C)C. The summed E-state index contributed by atoms with van der Waals surface area (Å²) in [7, 11) is 3.55. The summed E-state index contributed by atoms with van der Waals surface area (Å²) < 4.78 is 4.92. The van der Waals surface area contributed by atoms with E-state index in [1.165, 1.54) is 0 Å². The molecule has 0 aliphatic rings. The molecule has 0 aromatic carbocycles. The number of aliphatic hydroxyl groups is 1. The van der Waals surface area contributed by atoms with Crippen LogP contribution in [-0.2, 0) is 9.53 Å². The molecule has 0 rings (SSSR count). The summed E-state index contributed by atoms with van der Waals surface area (Å²) in [4.78, 5) is 13.3. The van der Waals surface area contributed by atoms with Crippen LogP contribution in [0.2, 0.25) is 0 Å². The van der Waals surface area contributed by atoms with Crippen LogP contribution in [0.4, 0.5) is 0 Å². The number of likely N-dealkylation sites (N-methyl/N-ethyl adjacent to an activating group) is 1. The van der Waals surface area contributed by atoms with Crippen molar-refractivity contribution in [1.29, 1.82) is 0 Å². The summed E-state index contributed by atoms with van der Waals surface area (Å²) in [6, 6.07) is 0. The topological polar surface area (TPSA) is 49.8 Å².